The van der Waals surface area contributed by atoms with Crippen molar-refractivity contribution in [2.45, 2.75) is 32.0 Å². The van der Waals surface area contributed by atoms with Crippen molar-refractivity contribution in [3.63, 3.8) is 0 Å². The lowest BCUT2D eigenvalue weighted by molar-refractivity contribution is -0.139. The predicted octanol–water partition coefficient (Wildman–Crippen LogP) is 3.45. The summed E-state index contributed by atoms with van der Waals surface area (Å²) in [5.41, 5.74) is -0.285. The summed E-state index contributed by atoms with van der Waals surface area (Å²) in [6.45, 7) is 1.90. The number of allylic oxidation sites excluding steroid dienone is 1. The molecular weight excluding hydrogens is 341 g/mol. The monoisotopic (exact) mass is 358 g/mol. The third-order valence-electron chi connectivity index (χ3n) is 3.64. The number of esters is 1. The minimum Gasteiger partial charge on any atom is -0.466 e. The zero-order chi connectivity index (χ0) is 17.9. The van der Waals surface area contributed by atoms with Crippen LogP contribution in [0.25, 0.3) is 0 Å². The Balaban J connectivity index is 2.64. The number of rotatable bonds is 4. The molecule has 0 radical (unpaired) electrons. The average Bonchev–Trinajstić information content (AvgIpc) is 2.53. The largest absolute Gasteiger partial charge is 0.466 e. The van der Waals surface area contributed by atoms with Crippen molar-refractivity contribution in [3.8, 4) is 0 Å². The van der Waals surface area contributed by atoms with Gasteiger partial charge < -0.3 is 15.4 Å². The van der Waals surface area contributed by atoms with Crippen LogP contribution in [0.2, 0.25) is 0 Å². The molecule has 0 unspecified atom stereocenters. The van der Waals surface area contributed by atoms with E-state index in [2.05, 4.69) is 10.6 Å². The number of hydrogen-bond donors (Lipinski definition) is 2. The zero-order valence-corrected chi connectivity index (χ0v) is 14.0. The molecule has 1 heterocycles. The molecule has 0 saturated heterocycles. The van der Waals surface area contributed by atoms with E-state index in [1.165, 1.54) is 25.3 Å². The summed E-state index contributed by atoms with van der Waals surface area (Å²) in [6, 6.07) is 4.09. The molecule has 2 N–H and O–H groups in total. The summed E-state index contributed by atoms with van der Waals surface area (Å²) in [7, 11) is 1.19. The molecule has 0 saturated carbocycles. The highest BCUT2D eigenvalue weighted by Crippen LogP contribution is 2.38. The molecule has 2 rings (SSSR count). The van der Waals surface area contributed by atoms with Gasteiger partial charge in [-0.05, 0) is 30.3 Å². The highest BCUT2D eigenvalue weighted by molar-refractivity contribution is 7.80. The SMILES string of the molecule is CCCC1=C(C(=O)OC)[C@H](c2ccccc2C(F)(F)F)NC(=S)N1. The number of ether oxygens (including phenoxy) is 1. The zero-order valence-electron chi connectivity index (χ0n) is 13.2. The van der Waals surface area contributed by atoms with Crippen LogP contribution in [0.15, 0.2) is 35.5 Å². The summed E-state index contributed by atoms with van der Waals surface area (Å²) in [4.78, 5) is 12.2. The molecule has 130 valence electrons. The first-order valence-electron chi connectivity index (χ1n) is 7.34. The molecule has 0 amide bonds. The molecule has 1 aliphatic rings. The predicted molar refractivity (Wildman–Crippen MR) is 87.0 cm³/mol. The highest BCUT2D eigenvalue weighted by Gasteiger charge is 2.39. The first-order valence-corrected chi connectivity index (χ1v) is 7.75. The number of methoxy groups -OCH3 is 1. The fourth-order valence-corrected chi connectivity index (χ4v) is 2.90. The van der Waals surface area contributed by atoms with Crippen molar-refractivity contribution in [1.29, 1.82) is 0 Å². The van der Waals surface area contributed by atoms with Crippen molar-refractivity contribution in [2.24, 2.45) is 0 Å². The molecule has 0 aromatic heterocycles. The van der Waals surface area contributed by atoms with E-state index in [1.807, 2.05) is 6.92 Å². The Morgan fingerprint density at radius 2 is 2.00 bits per heavy atom. The van der Waals surface area contributed by atoms with Gasteiger partial charge in [0.2, 0.25) is 0 Å². The second kappa shape index (κ2) is 7.21. The number of carbonyl (C=O) groups is 1. The molecule has 0 aliphatic carbocycles. The standard InChI is InChI=1S/C16H17F3N2O2S/c1-3-6-11-12(14(22)23-2)13(21-15(24)20-11)9-7-4-5-8-10(9)16(17,18)19/h4-5,7-8,13H,3,6H2,1-2H3,(H2,20,21,24)/t13-/m0/s1. The van der Waals surface area contributed by atoms with Gasteiger partial charge in [0.25, 0.3) is 0 Å². The average molecular weight is 358 g/mol. The van der Waals surface area contributed by atoms with Gasteiger partial charge in [-0.1, -0.05) is 31.5 Å². The Labute approximate surface area is 143 Å². The second-order valence-corrected chi connectivity index (χ2v) is 5.66. The van der Waals surface area contributed by atoms with E-state index < -0.39 is 23.8 Å². The van der Waals surface area contributed by atoms with Crippen LogP contribution >= 0.6 is 12.2 Å². The van der Waals surface area contributed by atoms with Gasteiger partial charge in [-0.2, -0.15) is 13.2 Å². The van der Waals surface area contributed by atoms with Crippen molar-refractivity contribution in [1.82, 2.24) is 10.6 Å². The van der Waals surface area contributed by atoms with E-state index in [0.717, 1.165) is 6.07 Å². The summed E-state index contributed by atoms with van der Waals surface area (Å²) in [6.07, 6.45) is -3.38. The van der Waals surface area contributed by atoms with Gasteiger partial charge in [0, 0.05) is 5.70 Å². The van der Waals surface area contributed by atoms with E-state index in [9.17, 15) is 18.0 Å². The minimum atomic E-state index is -4.54. The summed E-state index contributed by atoms with van der Waals surface area (Å²) >= 11 is 5.10. The Kier molecular flexibility index (Phi) is 5.48. The van der Waals surface area contributed by atoms with E-state index in [-0.39, 0.29) is 16.2 Å². The third kappa shape index (κ3) is 3.69. The van der Waals surface area contributed by atoms with Crippen LogP contribution < -0.4 is 10.6 Å². The lowest BCUT2D eigenvalue weighted by Crippen LogP contribution is -2.46. The molecule has 4 nitrogen and oxygen atoms in total. The highest BCUT2D eigenvalue weighted by atomic mass is 32.1. The van der Waals surface area contributed by atoms with E-state index in [0.29, 0.717) is 18.5 Å². The second-order valence-electron chi connectivity index (χ2n) is 5.25. The Bertz CT molecular complexity index is 686. The van der Waals surface area contributed by atoms with Gasteiger partial charge >= 0.3 is 12.1 Å². The van der Waals surface area contributed by atoms with Gasteiger partial charge in [0.15, 0.2) is 5.11 Å². The first-order chi connectivity index (χ1) is 11.3. The van der Waals surface area contributed by atoms with Crippen LogP contribution in [0.3, 0.4) is 0 Å². The van der Waals surface area contributed by atoms with Gasteiger partial charge in [0.05, 0.1) is 24.3 Å². The van der Waals surface area contributed by atoms with Crippen molar-refractivity contribution >= 4 is 23.3 Å². The van der Waals surface area contributed by atoms with Crippen LogP contribution in [-0.2, 0) is 15.7 Å². The Morgan fingerprint density at radius 1 is 1.33 bits per heavy atom. The topological polar surface area (TPSA) is 50.4 Å². The lowest BCUT2D eigenvalue weighted by atomic mass is 9.90. The number of benzene rings is 1. The number of halogens is 3. The molecule has 0 spiro atoms. The van der Waals surface area contributed by atoms with Gasteiger partial charge in [0.1, 0.15) is 0 Å². The van der Waals surface area contributed by atoms with E-state index in [4.69, 9.17) is 17.0 Å². The maximum Gasteiger partial charge on any atom is 0.416 e. The minimum absolute atomic E-state index is 0.0668. The van der Waals surface area contributed by atoms with Crippen LogP contribution in [0, 0.1) is 0 Å². The number of carbonyl (C=O) groups excluding carboxylic acids is 1. The van der Waals surface area contributed by atoms with Crippen molar-refractivity contribution in [2.75, 3.05) is 7.11 Å². The van der Waals surface area contributed by atoms with E-state index in [1.54, 1.807) is 0 Å². The Morgan fingerprint density at radius 3 is 2.58 bits per heavy atom. The smallest absolute Gasteiger partial charge is 0.416 e. The lowest BCUT2D eigenvalue weighted by Gasteiger charge is -2.32. The molecule has 0 bridgehead atoms. The molecule has 1 atom stereocenters. The molecule has 24 heavy (non-hydrogen) atoms. The van der Waals surface area contributed by atoms with Crippen molar-refractivity contribution in [3.05, 3.63) is 46.7 Å². The Hall–Kier alpha value is -2.09. The third-order valence-corrected chi connectivity index (χ3v) is 3.86. The number of hydrogen-bond acceptors (Lipinski definition) is 3. The summed E-state index contributed by atoms with van der Waals surface area (Å²) < 4.78 is 44.8. The fraction of sp³-hybridized carbons (Fsp3) is 0.375. The van der Waals surface area contributed by atoms with Gasteiger partial charge in [-0.15, -0.1) is 0 Å². The van der Waals surface area contributed by atoms with Crippen molar-refractivity contribution < 1.29 is 22.7 Å². The number of nitrogens with one attached hydrogen (secondary N) is 2. The molecule has 1 aromatic rings. The fourth-order valence-electron chi connectivity index (χ4n) is 2.66. The van der Waals surface area contributed by atoms with Crippen LogP contribution in [0.1, 0.15) is 36.9 Å². The number of alkyl halides is 3. The van der Waals surface area contributed by atoms with Crippen LogP contribution in [-0.4, -0.2) is 18.2 Å². The molecule has 0 fully saturated rings. The van der Waals surface area contributed by atoms with Gasteiger partial charge in [-0.25, -0.2) is 4.79 Å². The molecule has 8 heteroatoms. The number of thiocarbonyl (C=S) groups is 1. The quantitative estimate of drug-likeness (QED) is 0.638. The maximum absolute atomic E-state index is 13.3. The first kappa shape index (κ1) is 18.3. The van der Waals surface area contributed by atoms with E-state index >= 15 is 0 Å². The normalized spacial score (nSPS) is 18.0. The van der Waals surface area contributed by atoms with Crippen LogP contribution in [0.5, 0.6) is 0 Å². The maximum atomic E-state index is 13.3. The summed E-state index contributed by atoms with van der Waals surface area (Å²) in [5, 5.41) is 5.79. The molecule has 1 aliphatic heterocycles. The molecule has 1 aromatic carbocycles. The molecular formula is C16H17F3N2O2S. The van der Waals surface area contributed by atoms with Gasteiger partial charge in [-0.3, -0.25) is 0 Å². The van der Waals surface area contributed by atoms with Crippen LogP contribution in [0.4, 0.5) is 13.2 Å². The summed E-state index contributed by atoms with van der Waals surface area (Å²) in [5.74, 6) is -0.692.